The predicted molar refractivity (Wildman–Crippen MR) is 69.0 cm³/mol. The molecule has 0 amide bonds. The van der Waals surface area contributed by atoms with Gasteiger partial charge in [-0.2, -0.15) is 0 Å². The Morgan fingerprint density at radius 2 is 2.12 bits per heavy atom. The molecule has 0 bridgehead atoms. The van der Waals surface area contributed by atoms with E-state index < -0.39 is 5.60 Å². The molecule has 0 radical (unpaired) electrons. The molecule has 0 unspecified atom stereocenters. The molecule has 1 atom stereocenters. The quantitative estimate of drug-likeness (QED) is 0.568. The van der Waals surface area contributed by atoms with Crippen molar-refractivity contribution in [3.8, 4) is 12.3 Å². The number of allylic oxidation sites excluding steroid dienone is 2. The maximum absolute atomic E-state index is 9.85. The zero-order valence-electron chi connectivity index (χ0n) is 11.1. The summed E-state index contributed by atoms with van der Waals surface area (Å²) in [6.45, 7) is 8.55. The second-order valence-electron chi connectivity index (χ2n) is 5.91. The summed E-state index contributed by atoms with van der Waals surface area (Å²) in [5.74, 6) is 2.46. The average Bonchev–Trinajstić information content (AvgIpc) is 2.16. The van der Waals surface area contributed by atoms with Gasteiger partial charge in [0, 0.05) is 0 Å². The fourth-order valence-electron chi connectivity index (χ4n) is 2.67. The Labute approximate surface area is 99.9 Å². The van der Waals surface area contributed by atoms with Crippen LogP contribution in [0.3, 0.4) is 0 Å². The molecule has 1 aliphatic carbocycles. The van der Waals surface area contributed by atoms with Gasteiger partial charge in [-0.1, -0.05) is 30.9 Å². The van der Waals surface area contributed by atoms with Crippen LogP contribution in [0.5, 0.6) is 0 Å². The molecular formula is C15H24O. The summed E-state index contributed by atoms with van der Waals surface area (Å²) in [6, 6.07) is 0. The summed E-state index contributed by atoms with van der Waals surface area (Å²) in [6.07, 6.45) is 10.6. The zero-order valence-corrected chi connectivity index (χ0v) is 11.1. The first kappa shape index (κ1) is 13.3. The van der Waals surface area contributed by atoms with Crippen molar-refractivity contribution in [2.45, 2.75) is 65.4 Å². The van der Waals surface area contributed by atoms with E-state index in [9.17, 15) is 5.11 Å². The fraction of sp³-hybridized carbons (Fsp3) is 0.733. The third-order valence-corrected chi connectivity index (χ3v) is 3.86. The van der Waals surface area contributed by atoms with Gasteiger partial charge in [0.25, 0.3) is 0 Å². The molecule has 0 fully saturated rings. The van der Waals surface area contributed by atoms with E-state index in [2.05, 4.69) is 26.7 Å². The van der Waals surface area contributed by atoms with Crippen molar-refractivity contribution in [3.05, 3.63) is 11.1 Å². The van der Waals surface area contributed by atoms with Crippen molar-refractivity contribution < 1.29 is 5.11 Å². The van der Waals surface area contributed by atoms with Crippen molar-refractivity contribution in [2.75, 3.05) is 0 Å². The van der Waals surface area contributed by atoms with Crippen LogP contribution in [0.15, 0.2) is 11.1 Å². The van der Waals surface area contributed by atoms with Crippen LogP contribution >= 0.6 is 0 Å². The van der Waals surface area contributed by atoms with Crippen LogP contribution in [0.4, 0.5) is 0 Å². The molecule has 90 valence electrons. The Kier molecular flexibility index (Phi) is 3.86. The second-order valence-corrected chi connectivity index (χ2v) is 5.91. The van der Waals surface area contributed by atoms with E-state index in [0.29, 0.717) is 6.42 Å². The monoisotopic (exact) mass is 220 g/mol. The van der Waals surface area contributed by atoms with Crippen molar-refractivity contribution in [3.63, 3.8) is 0 Å². The lowest BCUT2D eigenvalue weighted by atomic mass is 9.70. The Morgan fingerprint density at radius 1 is 1.50 bits per heavy atom. The van der Waals surface area contributed by atoms with E-state index in [0.717, 1.165) is 6.42 Å². The number of hydrogen-bond donors (Lipinski definition) is 1. The number of terminal acetylenes is 1. The summed E-state index contributed by atoms with van der Waals surface area (Å²) in [5.41, 5.74) is 2.34. The van der Waals surface area contributed by atoms with Crippen LogP contribution in [0, 0.1) is 17.8 Å². The molecule has 0 saturated heterocycles. The van der Waals surface area contributed by atoms with Gasteiger partial charge in [0.05, 0.1) is 0 Å². The molecule has 0 saturated carbocycles. The second kappa shape index (κ2) is 4.63. The van der Waals surface area contributed by atoms with E-state index in [4.69, 9.17) is 6.42 Å². The summed E-state index contributed by atoms with van der Waals surface area (Å²) in [7, 11) is 0. The molecule has 0 heterocycles. The van der Waals surface area contributed by atoms with Crippen LogP contribution in [0.1, 0.15) is 59.8 Å². The normalized spacial score (nSPS) is 23.8. The van der Waals surface area contributed by atoms with Crippen LogP contribution in [0.2, 0.25) is 0 Å². The minimum Gasteiger partial charge on any atom is -0.378 e. The highest BCUT2D eigenvalue weighted by Crippen LogP contribution is 2.42. The molecule has 1 heteroatoms. The molecule has 0 aromatic carbocycles. The molecule has 1 nitrogen and oxygen atoms in total. The molecule has 16 heavy (non-hydrogen) atoms. The fourth-order valence-corrected chi connectivity index (χ4v) is 2.67. The third-order valence-electron chi connectivity index (χ3n) is 3.86. The van der Waals surface area contributed by atoms with E-state index in [1.54, 1.807) is 6.92 Å². The lowest BCUT2D eigenvalue weighted by molar-refractivity contribution is 0.110. The highest BCUT2D eigenvalue weighted by molar-refractivity contribution is 5.23. The largest absolute Gasteiger partial charge is 0.378 e. The third kappa shape index (κ3) is 3.12. The van der Waals surface area contributed by atoms with Crippen molar-refractivity contribution in [1.29, 1.82) is 0 Å². The van der Waals surface area contributed by atoms with E-state index >= 15 is 0 Å². The van der Waals surface area contributed by atoms with Gasteiger partial charge in [-0.05, 0) is 51.4 Å². The van der Waals surface area contributed by atoms with E-state index in [-0.39, 0.29) is 5.41 Å². The first-order valence-electron chi connectivity index (χ1n) is 6.18. The first-order chi connectivity index (χ1) is 7.28. The molecule has 0 aliphatic heterocycles. The maximum Gasteiger partial charge on any atom is 0.122 e. The smallest absolute Gasteiger partial charge is 0.122 e. The highest BCUT2D eigenvalue weighted by atomic mass is 16.3. The van der Waals surface area contributed by atoms with Crippen LogP contribution < -0.4 is 0 Å². The lowest BCUT2D eigenvalue weighted by Crippen LogP contribution is -2.25. The minimum absolute atomic E-state index is 0.285. The minimum atomic E-state index is -0.958. The average molecular weight is 220 g/mol. The van der Waals surface area contributed by atoms with Gasteiger partial charge in [0.1, 0.15) is 5.60 Å². The maximum atomic E-state index is 9.85. The van der Waals surface area contributed by atoms with Gasteiger partial charge in [0.15, 0.2) is 0 Å². The predicted octanol–water partition coefficient (Wildman–Crippen LogP) is 3.68. The van der Waals surface area contributed by atoms with Crippen molar-refractivity contribution in [1.82, 2.24) is 0 Å². The summed E-state index contributed by atoms with van der Waals surface area (Å²) in [4.78, 5) is 0. The number of aliphatic hydroxyl groups is 1. The molecular weight excluding hydrogens is 196 g/mol. The van der Waals surface area contributed by atoms with Gasteiger partial charge in [0.2, 0.25) is 0 Å². The molecule has 0 spiro atoms. The summed E-state index contributed by atoms with van der Waals surface area (Å²) < 4.78 is 0. The van der Waals surface area contributed by atoms with Crippen LogP contribution in [-0.2, 0) is 0 Å². The van der Waals surface area contributed by atoms with Gasteiger partial charge in [-0.15, -0.1) is 6.42 Å². The molecule has 1 rings (SSSR count). The lowest BCUT2D eigenvalue weighted by Gasteiger charge is -2.35. The topological polar surface area (TPSA) is 20.2 Å². The van der Waals surface area contributed by atoms with E-state index in [1.165, 1.54) is 30.4 Å². The standard InChI is InChI=1S/C15H24O/c1-6-15(5,16)11-9-13-12(2)8-7-10-14(13,3)4/h1,16H,7-11H2,2-5H3/t15-/m0/s1. The van der Waals surface area contributed by atoms with Gasteiger partial charge < -0.3 is 5.11 Å². The molecule has 1 aliphatic rings. The number of hydrogen-bond acceptors (Lipinski definition) is 1. The van der Waals surface area contributed by atoms with Gasteiger partial charge in [-0.25, -0.2) is 0 Å². The Balaban J connectivity index is 2.76. The van der Waals surface area contributed by atoms with Gasteiger partial charge in [-0.3, -0.25) is 0 Å². The summed E-state index contributed by atoms with van der Waals surface area (Å²) >= 11 is 0. The number of rotatable bonds is 3. The Bertz CT molecular complexity index is 326. The van der Waals surface area contributed by atoms with E-state index in [1.807, 2.05) is 0 Å². The highest BCUT2D eigenvalue weighted by Gasteiger charge is 2.29. The van der Waals surface area contributed by atoms with Crippen molar-refractivity contribution >= 4 is 0 Å². The molecule has 0 aromatic heterocycles. The van der Waals surface area contributed by atoms with Gasteiger partial charge >= 0.3 is 0 Å². The van der Waals surface area contributed by atoms with Crippen LogP contribution in [0.25, 0.3) is 0 Å². The summed E-state index contributed by atoms with van der Waals surface area (Å²) in [5, 5.41) is 9.85. The SMILES string of the molecule is C#C[C@](C)(O)CCC1=C(C)CCCC1(C)C. The Hall–Kier alpha value is -0.740. The first-order valence-corrected chi connectivity index (χ1v) is 6.18. The van der Waals surface area contributed by atoms with Crippen LogP contribution in [-0.4, -0.2) is 10.7 Å². The zero-order chi connectivity index (χ0) is 12.4. The molecule has 0 aromatic rings. The molecule has 1 N–H and O–H groups in total. The van der Waals surface area contributed by atoms with Crippen molar-refractivity contribution in [2.24, 2.45) is 5.41 Å². The Morgan fingerprint density at radius 3 is 2.62 bits per heavy atom.